The molecule has 0 aliphatic heterocycles. The van der Waals surface area contributed by atoms with Crippen molar-refractivity contribution in [3.05, 3.63) is 29.8 Å². The van der Waals surface area contributed by atoms with Crippen LogP contribution in [0.3, 0.4) is 0 Å². The van der Waals surface area contributed by atoms with Crippen LogP contribution in [0.2, 0.25) is 0 Å². The maximum absolute atomic E-state index is 5.22. The molecule has 0 radical (unpaired) electrons. The van der Waals surface area contributed by atoms with Crippen molar-refractivity contribution in [2.24, 2.45) is 5.92 Å². The number of nitrogens with one attached hydrogen (secondary N) is 1. The quantitative estimate of drug-likeness (QED) is 0.743. The minimum atomic E-state index is 0.647. The van der Waals surface area contributed by atoms with Crippen LogP contribution in [-0.4, -0.2) is 33.4 Å². The van der Waals surface area contributed by atoms with Gasteiger partial charge in [0.1, 0.15) is 5.75 Å². The van der Waals surface area contributed by atoms with Crippen molar-refractivity contribution in [1.82, 2.24) is 5.32 Å². The molecule has 3 heteroatoms. The van der Waals surface area contributed by atoms with Gasteiger partial charge in [-0.15, -0.1) is 0 Å². The lowest BCUT2D eigenvalue weighted by Gasteiger charge is -2.17. The normalized spacial score (nSPS) is 16.3. The van der Waals surface area contributed by atoms with Gasteiger partial charge in [-0.3, -0.25) is 0 Å². The maximum Gasteiger partial charge on any atom is 0.118 e. The van der Waals surface area contributed by atoms with Gasteiger partial charge in [0.2, 0.25) is 0 Å². The number of benzene rings is 1. The Morgan fingerprint density at radius 1 is 1.21 bits per heavy atom. The second kappa shape index (κ2) is 7.51. The Labute approximate surface area is 116 Å². The minimum Gasteiger partial charge on any atom is -0.497 e. The molecule has 19 heavy (non-hydrogen) atoms. The van der Waals surface area contributed by atoms with E-state index in [1.165, 1.54) is 18.4 Å². The molecule has 1 aromatic rings. The second-order valence-corrected chi connectivity index (χ2v) is 5.38. The topological polar surface area (TPSA) is 30.5 Å². The molecule has 3 nitrogen and oxygen atoms in total. The molecule has 1 atom stereocenters. The van der Waals surface area contributed by atoms with E-state index in [0.29, 0.717) is 5.92 Å². The molecule has 1 fully saturated rings. The summed E-state index contributed by atoms with van der Waals surface area (Å²) in [6.07, 6.45) is 4.91. The Bertz CT molecular complexity index is 360. The molecular weight excluding hydrogens is 238 g/mol. The third-order valence-corrected chi connectivity index (χ3v) is 3.69. The molecule has 0 amide bonds. The first-order chi connectivity index (χ1) is 9.31. The van der Waals surface area contributed by atoms with E-state index in [4.69, 9.17) is 9.47 Å². The van der Waals surface area contributed by atoms with E-state index < -0.39 is 0 Å². The fourth-order valence-corrected chi connectivity index (χ4v) is 2.28. The minimum absolute atomic E-state index is 0.647. The number of hydrogen-bond acceptors (Lipinski definition) is 3. The van der Waals surface area contributed by atoms with Crippen molar-refractivity contribution in [2.45, 2.75) is 31.7 Å². The van der Waals surface area contributed by atoms with Gasteiger partial charge in [-0.1, -0.05) is 12.1 Å². The highest BCUT2D eigenvalue weighted by Crippen LogP contribution is 2.21. The molecule has 1 N–H and O–H groups in total. The van der Waals surface area contributed by atoms with Gasteiger partial charge in [-0.25, -0.2) is 0 Å². The lowest BCUT2D eigenvalue weighted by molar-refractivity contribution is 0.176. The molecule has 0 saturated heterocycles. The van der Waals surface area contributed by atoms with E-state index in [0.717, 1.165) is 37.8 Å². The summed E-state index contributed by atoms with van der Waals surface area (Å²) in [6.45, 7) is 1.94. The van der Waals surface area contributed by atoms with E-state index in [-0.39, 0.29) is 0 Å². The fraction of sp³-hybridized carbons (Fsp3) is 0.625. The predicted octanol–water partition coefficient (Wildman–Crippen LogP) is 2.64. The van der Waals surface area contributed by atoms with Crippen LogP contribution >= 0.6 is 0 Å². The Morgan fingerprint density at radius 3 is 2.53 bits per heavy atom. The summed E-state index contributed by atoms with van der Waals surface area (Å²) in [6, 6.07) is 9.18. The molecule has 1 aliphatic rings. The van der Waals surface area contributed by atoms with Gasteiger partial charge in [0.25, 0.3) is 0 Å². The van der Waals surface area contributed by atoms with Gasteiger partial charge in [0, 0.05) is 19.8 Å². The molecule has 1 saturated carbocycles. The fourth-order valence-electron chi connectivity index (χ4n) is 2.28. The largest absolute Gasteiger partial charge is 0.497 e. The summed E-state index contributed by atoms with van der Waals surface area (Å²) in [7, 11) is 3.48. The van der Waals surface area contributed by atoms with Crippen LogP contribution in [0, 0.1) is 5.92 Å². The van der Waals surface area contributed by atoms with Gasteiger partial charge in [0.15, 0.2) is 0 Å². The van der Waals surface area contributed by atoms with Crippen molar-refractivity contribution in [3.63, 3.8) is 0 Å². The number of hydrogen-bond donors (Lipinski definition) is 1. The smallest absolute Gasteiger partial charge is 0.118 e. The molecular formula is C16H25NO2. The van der Waals surface area contributed by atoms with Gasteiger partial charge < -0.3 is 14.8 Å². The lowest BCUT2D eigenvalue weighted by Crippen LogP contribution is -2.27. The standard InChI is InChI=1S/C16H25NO2/c1-18-10-9-14(12-17-15-5-6-15)11-13-3-7-16(19-2)8-4-13/h3-4,7-8,14-15,17H,5-6,9-12H2,1-2H3. The number of ether oxygens (including phenoxy) is 2. The molecule has 0 heterocycles. The first-order valence-corrected chi connectivity index (χ1v) is 7.17. The monoisotopic (exact) mass is 263 g/mol. The summed E-state index contributed by atoms with van der Waals surface area (Å²) in [5, 5.41) is 3.63. The highest BCUT2D eigenvalue weighted by molar-refractivity contribution is 5.27. The van der Waals surface area contributed by atoms with Gasteiger partial charge in [-0.05, 0) is 55.8 Å². The average molecular weight is 263 g/mol. The van der Waals surface area contributed by atoms with Crippen LogP contribution in [0.25, 0.3) is 0 Å². The molecule has 0 spiro atoms. The molecule has 0 bridgehead atoms. The summed E-state index contributed by atoms with van der Waals surface area (Å²) in [5.74, 6) is 1.57. The Hall–Kier alpha value is -1.06. The lowest BCUT2D eigenvalue weighted by atomic mass is 9.96. The first-order valence-electron chi connectivity index (χ1n) is 7.17. The molecule has 2 rings (SSSR count). The molecule has 1 unspecified atom stereocenters. The molecule has 1 aliphatic carbocycles. The van der Waals surface area contributed by atoms with E-state index >= 15 is 0 Å². The summed E-state index contributed by atoms with van der Waals surface area (Å²) in [4.78, 5) is 0. The zero-order valence-corrected chi connectivity index (χ0v) is 12.0. The predicted molar refractivity (Wildman–Crippen MR) is 77.7 cm³/mol. The van der Waals surface area contributed by atoms with Crippen LogP contribution in [-0.2, 0) is 11.2 Å². The van der Waals surface area contributed by atoms with E-state index in [1.54, 1.807) is 14.2 Å². The SMILES string of the molecule is COCCC(CNC1CC1)Cc1ccc(OC)cc1. The number of methoxy groups -OCH3 is 2. The second-order valence-electron chi connectivity index (χ2n) is 5.38. The zero-order chi connectivity index (χ0) is 13.5. The Kier molecular flexibility index (Phi) is 5.67. The third-order valence-electron chi connectivity index (χ3n) is 3.69. The highest BCUT2D eigenvalue weighted by atomic mass is 16.5. The first kappa shape index (κ1) is 14.4. The van der Waals surface area contributed by atoms with Crippen LogP contribution in [0.5, 0.6) is 5.75 Å². The van der Waals surface area contributed by atoms with E-state index in [9.17, 15) is 0 Å². The van der Waals surface area contributed by atoms with Crippen molar-refractivity contribution in [2.75, 3.05) is 27.4 Å². The van der Waals surface area contributed by atoms with Crippen molar-refractivity contribution in [1.29, 1.82) is 0 Å². The van der Waals surface area contributed by atoms with Gasteiger partial charge in [0.05, 0.1) is 7.11 Å². The van der Waals surface area contributed by atoms with E-state index in [1.807, 2.05) is 12.1 Å². The van der Waals surface area contributed by atoms with Gasteiger partial charge in [-0.2, -0.15) is 0 Å². The zero-order valence-electron chi connectivity index (χ0n) is 12.0. The van der Waals surface area contributed by atoms with Crippen LogP contribution < -0.4 is 10.1 Å². The van der Waals surface area contributed by atoms with Crippen LogP contribution in [0.4, 0.5) is 0 Å². The van der Waals surface area contributed by atoms with E-state index in [2.05, 4.69) is 17.4 Å². The highest BCUT2D eigenvalue weighted by Gasteiger charge is 2.21. The summed E-state index contributed by atoms with van der Waals surface area (Å²) in [5.41, 5.74) is 1.37. The maximum atomic E-state index is 5.22. The summed E-state index contributed by atoms with van der Waals surface area (Å²) < 4.78 is 10.4. The van der Waals surface area contributed by atoms with Crippen LogP contribution in [0.1, 0.15) is 24.8 Å². The van der Waals surface area contributed by atoms with Crippen molar-refractivity contribution in [3.8, 4) is 5.75 Å². The molecule has 106 valence electrons. The molecule has 1 aromatic carbocycles. The molecule has 0 aromatic heterocycles. The average Bonchev–Trinajstić information content (AvgIpc) is 3.27. The van der Waals surface area contributed by atoms with Crippen molar-refractivity contribution >= 4 is 0 Å². The van der Waals surface area contributed by atoms with Crippen LogP contribution in [0.15, 0.2) is 24.3 Å². The van der Waals surface area contributed by atoms with Crippen molar-refractivity contribution < 1.29 is 9.47 Å². The Morgan fingerprint density at radius 2 is 1.95 bits per heavy atom. The summed E-state index contributed by atoms with van der Waals surface area (Å²) >= 11 is 0. The number of rotatable bonds is 9. The third kappa shape index (κ3) is 5.21. The Balaban J connectivity index is 1.84. The van der Waals surface area contributed by atoms with Gasteiger partial charge >= 0.3 is 0 Å².